The number of aromatic nitrogens is 2. The monoisotopic (exact) mass is 229 g/mol. The Morgan fingerprint density at radius 1 is 1.60 bits per heavy atom. The number of alkyl halides is 1. The van der Waals surface area contributed by atoms with Crippen LogP contribution in [0.15, 0.2) is 12.4 Å². The SMILES string of the molecule is CCC(CCCl)NCCc1cnn(C)c1. The van der Waals surface area contributed by atoms with Gasteiger partial charge in [-0.05, 0) is 31.4 Å². The Morgan fingerprint density at radius 3 is 2.93 bits per heavy atom. The van der Waals surface area contributed by atoms with E-state index in [1.165, 1.54) is 5.56 Å². The molecule has 0 radical (unpaired) electrons. The third-order valence-corrected chi connectivity index (χ3v) is 2.77. The molecule has 86 valence electrons. The number of nitrogens with zero attached hydrogens (tertiary/aromatic N) is 2. The Morgan fingerprint density at radius 2 is 2.40 bits per heavy atom. The molecule has 0 aliphatic carbocycles. The molecule has 1 N–H and O–H groups in total. The van der Waals surface area contributed by atoms with E-state index in [-0.39, 0.29) is 0 Å². The van der Waals surface area contributed by atoms with Gasteiger partial charge in [-0.2, -0.15) is 5.10 Å². The van der Waals surface area contributed by atoms with Crippen LogP contribution in [0.3, 0.4) is 0 Å². The van der Waals surface area contributed by atoms with E-state index in [1.54, 1.807) is 0 Å². The van der Waals surface area contributed by atoms with E-state index in [2.05, 4.69) is 23.5 Å². The lowest BCUT2D eigenvalue weighted by Gasteiger charge is -2.14. The van der Waals surface area contributed by atoms with Crippen LogP contribution in [-0.4, -0.2) is 28.2 Å². The molecule has 3 nitrogen and oxygen atoms in total. The molecule has 15 heavy (non-hydrogen) atoms. The molecule has 1 heterocycles. The topological polar surface area (TPSA) is 29.9 Å². The van der Waals surface area contributed by atoms with E-state index in [4.69, 9.17) is 11.6 Å². The summed E-state index contributed by atoms with van der Waals surface area (Å²) in [6, 6.07) is 0.555. The Balaban J connectivity index is 2.20. The van der Waals surface area contributed by atoms with Crippen molar-refractivity contribution >= 4 is 11.6 Å². The molecule has 1 aromatic rings. The fourth-order valence-electron chi connectivity index (χ4n) is 1.60. The highest BCUT2D eigenvalue weighted by molar-refractivity contribution is 6.17. The summed E-state index contributed by atoms with van der Waals surface area (Å²) in [5, 5.41) is 7.65. The molecule has 0 saturated carbocycles. The second-order valence-corrected chi connectivity index (χ2v) is 4.19. The first-order valence-electron chi connectivity index (χ1n) is 5.53. The summed E-state index contributed by atoms with van der Waals surface area (Å²) in [6.45, 7) is 3.19. The molecular weight excluding hydrogens is 210 g/mol. The van der Waals surface area contributed by atoms with E-state index in [0.29, 0.717) is 6.04 Å². The van der Waals surface area contributed by atoms with Gasteiger partial charge in [0.15, 0.2) is 0 Å². The molecule has 0 spiro atoms. The first-order valence-corrected chi connectivity index (χ1v) is 6.06. The van der Waals surface area contributed by atoms with Crippen molar-refractivity contribution in [2.75, 3.05) is 12.4 Å². The van der Waals surface area contributed by atoms with Crippen molar-refractivity contribution < 1.29 is 0 Å². The number of nitrogens with one attached hydrogen (secondary N) is 1. The molecule has 0 fully saturated rings. The molecule has 0 amide bonds. The van der Waals surface area contributed by atoms with Crippen LogP contribution in [0.5, 0.6) is 0 Å². The Hall–Kier alpha value is -0.540. The largest absolute Gasteiger partial charge is 0.314 e. The van der Waals surface area contributed by atoms with Crippen LogP contribution in [0.2, 0.25) is 0 Å². The molecule has 0 bridgehead atoms. The molecule has 1 atom stereocenters. The number of halogens is 1. The van der Waals surface area contributed by atoms with Gasteiger partial charge in [-0.15, -0.1) is 11.6 Å². The lowest BCUT2D eigenvalue weighted by atomic mass is 10.1. The zero-order chi connectivity index (χ0) is 11.1. The first-order chi connectivity index (χ1) is 7.26. The van der Waals surface area contributed by atoms with Crippen molar-refractivity contribution in [1.82, 2.24) is 15.1 Å². The summed E-state index contributed by atoms with van der Waals surface area (Å²) in [6.07, 6.45) is 7.20. The predicted octanol–water partition coefficient (Wildman–Crippen LogP) is 1.96. The molecule has 0 aromatic carbocycles. The summed E-state index contributed by atoms with van der Waals surface area (Å²) in [7, 11) is 1.94. The van der Waals surface area contributed by atoms with E-state index in [1.807, 2.05) is 17.9 Å². The average molecular weight is 230 g/mol. The Labute approximate surface area is 96.8 Å². The maximum absolute atomic E-state index is 5.72. The second-order valence-electron chi connectivity index (χ2n) is 3.81. The molecule has 4 heteroatoms. The van der Waals surface area contributed by atoms with Gasteiger partial charge in [0.05, 0.1) is 6.20 Å². The quantitative estimate of drug-likeness (QED) is 0.725. The van der Waals surface area contributed by atoms with E-state index < -0.39 is 0 Å². The average Bonchev–Trinajstić information content (AvgIpc) is 2.63. The minimum atomic E-state index is 0.555. The van der Waals surface area contributed by atoms with Crippen molar-refractivity contribution in [3.63, 3.8) is 0 Å². The van der Waals surface area contributed by atoms with Gasteiger partial charge in [-0.1, -0.05) is 6.92 Å². The minimum Gasteiger partial charge on any atom is -0.314 e. The number of rotatable bonds is 7. The zero-order valence-electron chi connectivity index (χ0n) is 9.54. The normalized spacial score (nSPS) is 13.0. The van der Waals surface area contributed by atoms with E-state index >= 15 is 0 Å². The first kappa shape index (κ1) is 12.5. The third kappa shape index (κ3) is 4.67. The Bertz CT molecular complexity index is 273. The Kier molecular flexibility index (Phi) is 5.73. The van der Waals surface area contributed by atoms with Crippen LogP contribution < -0.4 is 5.32 Å². The highest BCUT2D eigenvalue weighted by Gasteiger charge is 2.04. The van der Waals surface area contributed by atoms with Gasteiger partial charge >= 0.3 is 0 Å². The van der Waals surface area contributed by atoms with Crippen molar-refractivity contribution in [3.8, 4) is 0 Å². The molecule has 0 saturated heterocycles. The summed E-state index contributed by atoms with van der Waals surface area (Å²) in [5.74, 6) is 0.735. The van der Waals surface area contributed by atoms with Gasteiger partial charge in [0.1, 0.15) is 0 Å². The molecular formula is C11H20ClN3. The van der Waals surface area contributed by atoms with Crippen molar-refractivity contribution in [2.45, 2.75) is 32.2 Å². The maximum atomic E-state index is 5.72. The highest BCUT2D eigenvalue weighted by Crippen LogP contribution is 2.01. The third-order valence-electron chi connectivity index (χ3n) is 2.56. The number of hydrogen-bond donors (Lipinski definition) is 1. The van der Waals surface area contributed by atoms with Crippen LogP contribution in [-0.2, 0) is 13.5 Å². The van der Waals surface area contributed by atoms with Crippen LogP contribution >= 0.6 is 11.6 Å². The fourth-order valence-corrected chi connectivity index (χ4v) is 1.87. The van der Waals surface area contributed by atoms with Gasteiger partial charge in [0.25, 0.3) is 0 Å². The maximum Gasteiger partial charge on any atom is 0.0522 e. The summed E-state index contributed by atoms with van der Waals surface area (Å²) >= 11 is 5.72. The van der Waals surface area contributed by atoms with Gasteiger partial charge in [0, 0.05) is 25.2 Å². The summed E-state index contributed by atoms with van der Waals surface area (Å²) in [4.78, 5) is 0. The van der Waals surface area contributed by atoms with Crippen LogP contribution in [0.25, 0.3) is 0 Å². The van der Waals surface area contributed by atoms with Crippen molar-refractivity contribution in [2.24, 2.45) is 7.05 Å². The molecule has 1 aromatic heterocycles. The lowest BCUT2D eigenvalue weighted by molar-refractivity contribution is 0.490. The number of hydrogen-bond acceptors (Lipinski definition) is 2. The van der Waals surface area contributed by atoms with Gasteiger partial charge in [-0.25, -0.2) is 0 Å². The lowest BCUT2D eigenvalue weighted by Crippen LogP contribution is -2.30. The summed E-state index contributed by atoms with van der Waals surface area (Å²) < 4.78 is 1.84. The van der Waals surface area contributed by atoms with Gasteiger partial charge in [0.2, 0.25) is 0 Å². The van der Waals surface area contributed by atoms with E-state index in [0.717, 1.165) is 31.7 Å². The number of aryl methyl sites for hydroxylation is 1. The standard InChI is InChI=1S/C11H20ClN3/c1-3-11(4-6-12)13-7-5-10-8-14-15(2)9-10/h8-9,11,13H,3-7H2,1-2H3. The van der Waals surface area contributed by atoms with Crippen LogP contribution in [0, 0.1) is 0 Å². The van der Waals surface area contributed by atoms with E-state index in [9.17, 15) is 0 Å². The molecule has 1 unspecified atom stereocenters. The second kappa shape index (κ2) is 6.85. The van der Waals surface area contributed by atoms with Crippen LogP contribution in [0.4, 0.5) is 0 Å². The zero-order valence-corrected chi connectivity index (χ0v) is 10.3. The molecule has 0 aliphatic heterocycles. The van der Waals surface area contributed by atoms with Gasteiger partial charge in [-0.3, -0.25) is 4.68 Å². The molecule has 1 rings (SSSR count). The smallest absolute Gasteiger partial charge is 0.0522 e. The molecule has 0 aliphatic rings. The predicted molar refractivity (Wildman–Crippen MR) is 64.3 cm³/mol. The van der Waals surface area contributed by atoms with Crippen LogP contribution in [0.1, 0.15) is 25.3 Å². The summed E-state index contributed by atoms with van der Waals surface area (Å²) in [5.41, 5.74) is 1.28. The highest BCUT2D eigenvalue weighted by atomic mass is 35.5. The van der Waals surface area contributed by atoms with Crippen molar-refractivity contribution in [1.29, 1.82) is 0 Å². The minimum absolute atomic E-state index is 0.555. The fraction of sp³-hybridized carbons (Fsp3) is 0.727. The van der Waals surface area contributed by atoms with Crippen molar-refractivity contribution in [3.05, 3.63) is 18.0 Å². The van der Waals surface area contributed by atoms with Gasteiger partial charge < -0.3 is 5.32 Å².